The zero-order valence-corrected chi connectivity index (χ0v) is 13.0. The summed E-state index contributed by atoms with van der Waals surface area (Å²) in [6.45, 7) is 1.96. The van der Waals surface area contributed by atoms with Crippen LogP contribution in [-0.2, 0) is 0 Å². The van der Waals surface area contributed by atoms with Gasteiger partial charge in [-0.3, -0.25) is 9.89 Å². The Bertz CT molecular complexity index is 1130. The first-order valence-corrected chi connectivity index (χ1v) is 7.84. The van der Waals surface area contributed by atoms with E-state index in [9.17, 15) is 4.79 Å². The van der Waals surface area contributed by atoms with E-state index in [0.29, 0.717) is 16.8 Å². The Kier molecular flexibility index (Phi) is 2.54. The van der Waals surface area contributed by atoms with Crippen molar-refractivity contribution in [3.63, 3.8) is 0 Å². The zero-order chi connectivity index (χ0) is 16.3. The quantitative estimate of drug-likeness (QED) is 0.506. The lowest BCUT2D eigenvalue weighted by Crippen LogP contribution is -2.00. The Morgan fingerprint density at radius 2 is 1.58 bits per heavy atom. The minimum atomic E-state index is 0.0365. The number of rotatable bonds is 1. The van der Waals surface area contributed by atoms with E-state index in [2.05, 4.69) is 10.2 Å². The Balaban J connectivity index is 1.99. The molecule has 2 aromatic carbocycles. The molecule has 0 saturated carbocycles. The number of hydrogen-bond acceptors (Lipinski definition) is 3. The molecule has 0 amide bonds. The lowest BCUT2D eigenvalue weighted by atomic mass is 9.94. The topological polar surface area (TPSA) is 58.6 Å². The number of benzene rings is 2. The lowest BCUT2D eigenvalue weighted by Gasteiger charge is -2.10. The summed E-state index contributed by atoms with van der Waals surface area (Å²) in [5.41, 5.74) is 6.50. The van der Waals surface area contributed by atoms with Gasteiger partial charge >= 0.3 is 0 Å². The average Bonchev–Trinajstić information content (AvgIpc) is 3.14. The van der Waals surface area contributed by atoms with E-state index in [0.717, 1.165) is 33.5 Å². The number of pyridine rings is 1. The summed E-state index contributed by atoms with van der Waals surface area (Å²) in [6, 6.07) is 17.6. The number of H-pyrrole nitrogens is 1. The summed E-state index contributed by atoms with van der Waals surface area (Å²) in [6.07, 6.45) is 0. The summed E-state index contributed by atoms with van der Waals surface area (Å²) in [5, 5.41) is 8.25. The number of fused-ring (bicyclic) bond motifs is 4. The second-order valence-electron chi connectivity index (χ2n) is 6.00. The van der Waals surface area contributed by atoms with E-state index >= 15 is 0 Å². The molecule has 0 radical (unpaired) electrons. The van der Waals surface area contributed by atoms with E-state index < -0.39 is 0 Å². The molecule has 0 aliphatic heterocycles. The van der Waals surface area contributed by atoms with Gasteiger partial charge in [-0.05, 0) is 12.5 Å². The molecule has 5 rings (SSSR count). The molecule has 0 bridgehead atoms. The molecule has 2 aromatic heterocycles. The summed E-state index contributed by atoms with van der Waals surface area (Å²) in [5.74, 6) is 0.0365. The molecule has 0 spiro atoms. The molecule has 2 heterocycles. The molecule has 114 valence electrons. The predicted molar refractivity (Wildman–Crippen MR) is 92.9 cm³/mol. The van der Waals surface area contributed by atoms with Gasteiger partial charge in [-0.15, -0.1) is 0 Å². The van der Waals surface area contributed by atoms with Crippen LogP contribution in [0.2, 0.25) is 0 Å². The van der Waals surface area contributed by atoms with E-state index in [-0.39, 0.29) is 5.78 Å². The van der Waals surface area contributed by atoms with Crippen molar-refractivity contribution in [2.75, 3.05) is 0 Å². The maximum Gasteiger partial charge on any atom is 0.196 e. The van der Waals surface area contributed by atoms with E-state index in [1.165, 1.54) is 0 Å². The van der Waals surface area contributed by atoms with E-state index in [1.807, 2.05) is 61.5 Å². The first-order valence-electron chi connectivity index (χ1n) is 7.84. The van der Waals surface area contributed by atoms with Crippen LogP contribution in [0.25, 0.3) is 33.4 Å². The van der Waals surface area contributed by atoms with Gasteiger partial charge in [-0.1, -0.05) is 54.6 Å². The maximum atomic E-state index is 13.1. The highest BCUT2D eigenvalue weighted by Crippen LogP contribution is 2.43. The van der Waals surface area contributed by atoms with Gasteiger partial charge in [0.1, 0.15) is 0 Å². The summed E-state index contributed by atoms with van der Waals surface area (Å²) in [4.78, 5) is 17.8. The highest BCUT2D eigenvalue weighted by atomic mass is 16.1. The van der Waals surface area contributed by atoms with Crippen molar-refractivity contribution in [1.82, 2.24) is 15.2 Å². The van der Waals surface area contributed by atoms with Gasteiger partial charge in [0.2, 0.25) is 0 Å². The second-order valence-corrected chi connectivity index (χ2v) is 6.00. The van der Waals surface area contributed by atoms with Crippen LogP contribution < -0.4 is 0 Å². The van der Waals surface area contributed by atoms with Crippen molar-refractivity contribution in [2.45, 2.75) is 6.92 Å². The van der Waals surface area contributed by atoms with Crippen LogP contribution in [0.4, 0.5) is 0 Å². The van der Waals surface area contributed by atoms with Crippen LogP contribution >= 0.6 is 0 Å². The van der Waals surface area contributed by atoms with Gasteiger partial charge in [0.05, 0.1) is 16.6 Å². The number of carbonyl (C=O) groups is 1. The Morgan fingerprint density at radius 3 is 2.38 bits per heavy atom. The average molecular weight is 311 g/mol. The molecule has 1 aliphatic carbocycles. The van der Waals surface area contributed by atoms with Crippen molar-refractivity contribution < 1.29 is 4.79 Å². The van der Waals surface area contributed by atoms with Crippen LogP contribution in [0.5, 0.6) is 0 Å². The normalized spacial score (nSPS) is 12.5. The van der Waals surface area contributed by atoms with Gasteiger partial charge in [-0.25, -0.2) is 4.98 Å². The van der Waals surface area contributed by atoms with Gasteiger partial charge in [0.25, 0.3) is 0 Å². The highest BCUT2D eigenvalue weighted by Gasteiger charge is 2.33. The van der Waals surface area contributed by atoms with Gasteiger partial charge < -0.3 is 0 Å². The first kappa shape index (κ1) is 13.2. The van der Waals surface area contributed by atoms with Crippen LogP contribution in [-0.4, -0.2) is 21.0 Å². The van der Waals surface area contributed by atoms with Crippen molar-refractivity contribution in [3.05, 3.63) is 71.4 Å². The molecule has 0 fully saturated rings. The molecule has 4 heteroatoms. The fraction of sp³-hybridized carbons (Fsp3) is 0.0500. The largest absolute Gasteiger partial charge is 0.288 e. The third-order valence-electron chi connectivity index (χ3n) is 4.60. The molecule has 4 nitrogen and oxygen atoms in total. The van der Waals surface area contributed by atoms with E-state index in [1.54, 1.807) is 0 Å². The molecule has 1 aliphatic rings. The van der Waals surface area contributed by atoms with Crippen LogP contribution in [0.15, 0.2) is 54.6 Å². The maximum absolute atomic E-state index is 13.1. The van der Waals surface area contributed by atoms with Crippen LogP contribution in [0, 0.1) is 6.92 Å². The standard InChI is InChI=1S/C20H13N3O/c1-11-15-16(12-7-3-2-4-8-12)17-18(21-20(15)23-22-11)13-9-5-6-10-14(13)19(17)24/h2-10H,1H3,(H,21,22,23). The number of aryl methyl sites for hydroxylation is 1. The number of carbonyl (C=O) groups excluding carboxylic acids is 1. The number of hydrogen-bond donors (Lipinski definition) is 1. The van der Waals surface area contributed by atoms with Crippen molar-refractivity contribution in [3.8, 4) is 22.4 Å². The predicted octanol–water partition coefficient (Wildman–Crippen LogP) is 4.14. The third-order valence-corrected chi connectivity index (χ3v) is 4.60. The van der Waals surface area contributed by atoms with Gasteiger partial charge in [0, 0.05) is 22.4 Å². The summed E-state index contributed by atoms with van der Waals surface area (Å²) < 4.78 is 0. The first-order chi connectivity index (χ1) is 11.8. The Morgan fingerprint density at radius 1 is 0.875 bits per heavy atom. The molecule has 0 unspecified atom stereocenters. The minimum Gasteiger partial charge on any atom is -0.288 e. The van der Waals surface area contributed by atoms with Gasteiger partial charge in [0.15, 0.2) is 11.4 Å². The summed E-state index contributed by atoms with van der Waals surface area (Å²) >= 11 is 0. The number of nitrogens with zero attached hydrogens (tertiary/aromatic N) is 2. The molecule has 0 atom stereocenters. The fourth-order valence-corrected chi connectivity index (χ4v) is 3.53. The number of aromatic nitrogens is 3. The molecular formula is C20H13N3O. The SMILES string of the molecule is Cc1[nH]nc2nc3c(c(-c4ccccc4)c12)C(=O)c1ccccc1-3. The smallest absolute Gasteiger partial charge is 0.196 e. The van der Waals surface area contributed by atoms with Crippen LogP contribution in [0.3, 0.4) is 0 Å². The molecule has 4 aromatic rings. The van der Waals surface area contributed by atoms with Crippen molar-refractivity contribution in [2.24, 2.45) is 0 Å². The third kappa shape index (κ3) is 1.60. The summed E-state index contributed by atoms with van der Waals surface area (Å²) in [7, 11) is 0. The Labute approximate surface area is 138 Å². The molecule has 1 N–H and O–H groups in total. The lowest BCUT2D eigenvalue weighted by molar-refractivity contribution is 0.104. The number of aromatic amines is 1. The second kappa shape index (κ2) is 4.61. The Hall–Kier alpha value is -3.27. The van der Waals surface area contributed by atoms with Crippen LogP contribution in [0.1, 0.15) is 21.6 Å². The fourth-order valence-electron chi connectivity index (χ4n) is 3.53. The number of nitrogens with one attached hydrogen (secondary N) is 1. The molecule has 24 heavy (non-hydrogen) atoms. The zero-order valence-electron chi connectivity index (χ0n) is 13.0. The highest BCUT2D eigenvalue weighted by molar-refractivity contribution is 6.26. The van der Waals surface area contributed by atoms with Crippen molar-refractivity contribution in [1.29, 1.82) is 0 Å². The minimum absolute atomic E-state index is 0.0365. The monoisotopic (exact) mass is 311 g/mol. The number of ketones is 1. The molecule has 0 saturated heterocycles. The molecular weight excluding hydrogens is 298 g/mol. The van der Waals surface area contributed by atoms with Crippen molar-refractivity contribution >= 4 is 16.8 Å². The van der Waals surface area contributed by atoms with Gasteiger partial charge in [-0.2, -0.15) is 5.10 Å². The van der Waals surface area contributed by atoms with E-state index in [4.69, 9.17) is 4.98 Å².